The van der Waals surface area contributed by atoms with E-state index in [0.717, 1.165) is 51.4 Å². The van der Waals surface area contributed by atoms with Gasteiger partial charge in [-0.15, -0.1) is 0 Å². The summed E-state index contributed by atoms with van der Waals surface area (Å²) in [5.74, 6) is -0.0691. The largest absolute Gasteiger partial charge is 0.466 e. The highest BCUT2D eigenvalue weighted by atomic mass is 16.5. The van der Waals surface area contributed by atoms with Gasteiger partial charge in [-0.3, -0.25) is 9.59 Å². The quantitative estimate of drug-likeness (QED) is 0.0320. The highest BCUT2D eigenvalue weighted by Crippen LogP contribution is 2.18. The smallest absolute Gasteiger partial charge is 0.305 e. The van der Waals surface area contributed by atoms with Gasteiger partial charge >= 0.3 is 5.97 Å². The van der Waals surface area contributed by atoms with E-state index in [4.69, 9.17) is 4.74 Å². The molecule has 78 heavy (non-hydrogen) atoms. The number of ether oxygens (including phenoxy) is 1. The van der Waals surface area contributed by atoms with Crippen LogP contribution in [0.25, 0.3) is 0 Å². The summed E-state index contributed by atoms with van der Waals surface area (Å²) in [5, 5.41) is 23.2. The van der Waals surface area contributed by atoms with Crippen LogP contribution in [0.5, 0.6) is 0 Å². The molecule has 0 heterocycles. The van der Waals surface area contributed by atoms with E-state index in [1.54, 1.807) is 6.08 Å². The summed E-state index contributed by atoms with van der Waals surface area (Å²) in [6.07, 6.45) is 87.5. The minimum Gasteiger partial charge on any atom is -0.466 e. The predicted molar refractivity (Wildman–Crippen MR) is 342 cm³/mol. The van der Waals surface area contributed by atoms with Crippen LogP contribution in [0.15, 0.2) is 48.6 Å². The first kappa shape index (κ1) is 75.8. The zero-order chi connectivity index (χ0) is 56.4. The zero-order valence-corrected chi connectivity index (χ0v) is 52.4. The second-order valence-electron chi connectivity index (χ2n) is 23.9. The number of nitrogens with one attached hydrogen (secondary N) is 1. The number of amides is 1. The summed E-state index contributed by atoms with van der Waals surface area (Å²) < 4.78 is 5.48. The molecule has 0 aliphatic rings. The molecule has 0 aromatic carbocycles. The van der Waals surface area contributed by atoms with E-state index in [0.29, 0.717) is 19.4 Å². The topological polar surface area (TPSA) is 95.9 Å². The first-order valence-electron chi connectivity index (χ1n) is 34.9. The fraction of sp³-hybridized carbons (Fsp3) is 0.861. The van der Waals surface area contributed by atoms with Gasteiger partial charge in [0.2, 0.25) is 5.91 Å². The van der Waals surface area contributed by atoms with Gasteiger partial charge < -0.3 is 20.3 Å². The van der Waals surface area contributed by atoms with Crippen molar-refractivity contribution in [2.75, 3.05) is 13.2 Å². The number of esters is 1. The number of hydrogen-bond donors (Lipinski definition) is 3. The fourth-order valence-electron chi connectivity index (χ4n) is 10.7. The Balaban J connectivity index is 3.43. The number of rotatable bonds is 65. The maximum absolute atomic E-state index is 12.5. The number of carbonyl (C=O) groups is 2. The third kappa shape index (κ3) is 63.0. The maximum atomic E-state index is 12.5. The average Bonchev–Trinajstić information content (AvgIpc) is 3.44. The lowest BCUT2D eigenvalue weighted by atomic mass is 10.0. The molecule has 0 aromatic heterocycles. The molecule has 0 aliphatic heterocycles. The summed E-state index contributed by atoms with van der Waals surface area (Å²) in [7, 11) is 0. The van der Waals surface area contributed by atoms with E-state index in [-0.39, 0.29) is 18.5 Å². The van der Waals surface area contributed by atoms with Gasteiger partial charge in [0, 0.05) is 12.8 Å². The van der Waals surface area contributed by atoms with Gasteiger partial charge in [-0.2, -0.15) is 0 Å². The van der Waals surface area contributed by atoms with Gasteiger partial charge in [0.25, 0.3) is 0 Å². The third-order valence-corrected chi connectivity index (χ3v) is 16.1. The van der Waals surface area contributed by atoms with Crippen molar-refractivity contribution >= 4 is 11.9 Å². The second-order valence-corrected chi connectivity index (χ2v) is 23.9. The van der Waals surface area contributed by atoms with Gasteiger partial charge in [-0.1, -0.05) is 319 Å². The zero-order valence-electron chi connectivity index (χ0n) is 52.4. The number of aliphatic hydroxyl groups is 2. The molecule has 0 radical (unpaired) electrons. The Morgan fingerprint density at radius 1 is 0.359 bits per heavy atom. The van der Waals surface area contributed by atoms with E-state index in [1.165, 1.54) is 295 Å². The van der Waals surface area contributed by atoms with Crippen LogP contribution in [0.2, 0.25) is 0 Å². The maximum Gasteiger partial charge on any atom is 0.305 e. The number of unbranched alkanes of at least 4 members (excludes halogenated alkanes) is 48. The lowest BCUT2D eigenvalue weighted by Gasteiger charge is -2.20. The molecule has 0 aliphatic carbocycles. The fourth-order valence-corrected chi connectivity index (χ4v) is 10.7. The molecule has 0 aromatic rings. The predicted octanol–water partition coefficient (Wildman–Crippen LogP) is 22.5. The second kappa shape index (κ2) is 67.3. The first-order chi connectivity index (χ1) is 38.5. The molecule has 0 bridgehead atoms. The average molecular weight is 1090 g/mol. The van der Waals surface area contributed by atoms with Crippen molar-refractivity contribution in [3.8, 4) is 0 Å². The number of hydrogen-bond acceptors (Lipinski definition) is 5. The Labute approximate surface area is 486 Å². The van der Waals surface area contributed by atoms with Crippen LogP contribution in [-0.4, -0.2) is 47.4 Å². The van der Waals surface area contributed by atoms with Gasteiger partial charge in [0.15, 0.2) is 0 Å². The number of aliphatic hydroxyl groups excluding tert-OH is 2. The molecule has 3 N–H and O–H groups in total. The molecule has 458 valence electrons. The summed E-state index contributed by atoms with van der Waals surface area (Å²) in [5.41, 5.74) is 0. The minimum absolute atomic E-state index is 0.000869. The van der Waals surface area contributed by atoms with E-state index in [9.17, 15) is 19.8 Å². The van der Waals surface area contributed by atoms with E-state index < -0.39 is 12.1 Å². The van der Waals surface area contributed by atoms with Crippen molar-refractivity contribution in [1.29, 1.82) is 0 Å². The summed E-state index contributed by atoms with van der Waals surface area (Å²) in [4.78, 5) is 24.6. The number of allylic oxidation sites excluding steroid dienone is 7. The minimum atomic E-state index is -0.848. The molecular weight excluding hydrogens is 959 g/mol. The Morgan fingerprint density at radius 3 is 1.01 bits per heavy atom. The van der Waals surface area contributed by atoms with E-state index in [1.807, 2.05) is 6.08 Å². The molecular formula is C72H135NO5. The molecule has 6 nitrogen and oxygen atoms in total. The van der Waals surface area contributed by atoms with Crippen molar-refractivity contribution in [3.05, 3.63) is 48.6 Å². The molecule has 6 heteroatoms. The molecule has 0 spiro atoms. The van der Waals surface area contributed by atoms with Gasteiger partial charge in [0.05, 0.1) is 25.4 Å². The molecule has 1 amide bonds. The molecule has 2 unspecified atom stereocenters. The van der Waals surface area contributed by atoms with Crippen LogP contribution in [-0.2, 0) is 14.3 Å². The van der Waals surface area contributed by atoms with Gasteiger partial charge in [0.1, 0.15) is 0 Å². The van der Waals surface area contributed by atoms with Crippen molar-refractivity contribution < 1.29 is 24.5 Å². The standard InChI is InChI=1S/C72H135NO5/c1-3-5-7-9-11-13-15-17-19-20-21-27-30-33-37-40-44-48-52-56-60-64-70(75)69(68-74)73-71(76)65-61-57-53-49-45-41-38-34-31-28-25-23-22-24-26-29-32-35-39-43-47-51-55-59-63-67-78-72(77)66-62-58-54-50-46-42-36-18-16-14-12-10-8-6-4-2/h12,14,18,23,25,36,60,64,69-70,74-75H,3-11,13,15-17,19-22,24,26-35,37-59,61-63,65-68H2,1-2H3,(H,73,76)/b14-12-,25-23-,36-18-,64-60+. The summed E-state index contributed by atoms with van der Waals surface area (Å²) in [6.45, 7) is 4.90. The van der Waals surface area contributed by atoms with Crippen molar-refractivity contribution in [2.24, 2.45) is 0 Å². The highest BCUT2D eigenvalue weighted by molar-refractivity contribution is 5.76. The molecule has 0 saturated carbocycles. The van der Waals surface area contributed by atoms with Gasteiger partial charge in [-0.05, 0) is 89.9 Å². The molecule has 2 atom stereocenters. The summed E-state index contributed by atoms with van der Waals surface area (Å²) in [6, 6.07) is -0.632. The lowest BCUT2D eigenvalue weighted by Crippen LogP contribution is -2.45. The van der Waals surface area contributed by atoms with Crippen LogP contribution < -0.4 is 5.32 Å². The van der Waals surface area contributed by atoms with Crippen LogP contribution in [0.1, 0.15) is 373 Å². The lowest BCUT2D eigenvalue weighted by molar-refractivity contribution is -0.143. The SMILES string of the molecule is CCCCC/C=C\C/C=C\CCCCCCCC(=O)OCCCCCCCCCCCCCC/C=C\CCCCCCCCCCCC(=O)NC(CO)C(O)/C=C/CCCCCCCCCCCCCCCCCCCCC. The Kier molecular flexibility index (Phi) is 65.4. The van der Waals surface area contributed by atoms with Crippen molar-refractivity contribution in [1.82, 2.24) is 5.32 Å². The Morgan fingerprint density at radius 2 is 0.641 bits per heavy atom. The van der Waals surface area contributed by atoms with Crippen molar-refractivity contribution in [2.45, 2.75) is 386 Å². The van der Waals surface area contributed by atoms with Gasteiger partial charge in [-0.25, -0.2) is 0 Å². The van der Waals surface area contributed by atoms with E-state index >= 15 is 0 Å². The Hall–Kier alpha value is -2.18. The van der Waals surface area contributed by atoms with Crippen LogP contribution in [0.4, 0.5) is 0 Å². The van der Waals surface area contributed by atoms with Crippen molar-refractivity contribution in [3.63, 3.8) is 0 Å². The van der Waals surface area contributed by atoms with Crippen LogP contribution in [0, 0.1) is 0 Å². The molecule has 0 rings (SSSR count). The summed E-state index contributed by atoms with van der Waals surface area (Å²) >= 11 is 0. The van der Waals surface area contributed by atoms with E-state index in [2.05, 4.69) is 55.6 Å². The van der Waals surface area contributed by atoms with Crippen LogP contribution in [0.3, 0.4) is 0 Å². The van der Waals surface area contributed by atoms with Crippen LogP contribution >= 0.6 is 0 Å². The highest BCUT2D eigenvalue weighted by Gasteiger charge is 2.18. The number of carbonyl (C=O) groups excluding carboxylic acids is 2. The normalized spacial score (nSPS) is 12.8. The molecule has 0 saturated heterocycles. The first-order valence-corrected chi connectivity index (χ1v) is 34.9. The third-order valence-electron chi connectivity index (χ3n) is 16.1. The molecule has 0 fully saturated rings. The monoisotopic (exact) mass is 1090 g/mol. The Bertz CT molecular complexity index is 1310.